The van der Waals surface area contributed by atoms with Crippen LogP contribution in [0.1, 0.15) is 26.6 Å². The van der Waals surface area contributed by atoms with Crippen LogP contribution in [0.25, 0.3) is 0 Å². The van der Waals surface area contributed by atoms with Crippen molar-refractivity contribution in [3.63, 3.8) is 0 Å². The standard InChI is InChI=1S/C16H20N2O2S/c1-12-10-15(16(19)17-5-7-20-8-6-17)13(2)18(12)11-14-4-3-9-21-14/h3-4,9-10H,5-8,11H2,1-2H3. The van der Waals surface area contributed by atoms with E-state index in [1.165, 1.54) is 4.88 Å². The van der Waals surface area contributed by atoms with Crippen LogP contribution in [0.4, 0.5) is 0 Å². The maximum absolute atomic E-state index is 12.6. The molecule has 0 atom stereocenters. The van der Waals surface area contributed by atoms with Crippen LogP contribution >= 0.6 is 11.3 Å². The van der Waals surface area contributed by atoms with Crippen molar-refractivity contribution in [1.82, 2.24) is 9.47 Å². The van der Waals surface area contributed by atoms with Crippen molar-refractivity contribution in [2.45, 2.75) is 20.4 Å². The molecular weight excluding hydrogens is 284 g/mol. The smallest absolute Gasteiger partial charge is 0.255 e. The predicted octanol–water partition coefficient (Wildman–Crippen LogP) is 2.69. The van der Waals surface area contributed by atoms with Crippen molar-refractivity contribution in [3.8, 4) is 0 Å². The number of hydrogen-bond acceptors (Lipinski definition) is 3. The highest BCUT2D eigenvalue weighted by Crippen LogP contribution is 2.21. The summed E-state index contributed by atoms with van der Waals surface area (Å²) in [6.07, 6.45) is 0. The Bertz CT molecular complexity index is 625. The van der Waals surface area contributed by atoms with E-state index < -0.39 is 0 Å². The summed E-state index contributed by atoms with van der Waals surface area (Å²) in [5.41, 5.74) is 3.01. The number of amides is 1. The second-order valence-electron chi connectivity index (χ2n) is 5.35. The Morgan fingerprint density at radius 1 is 1.33 bits per heavy atom. The molecule has 112 valence electrons. The van der Waals surface area contributed by atoms with Crippen LogP contribution in [0.2, 0.25) is 0 Å². The zero-order chi connectivity index (χ0) is 14.8. The van der Waals surface area contributed by atoms with Gasteiger partial charge >= 0.3 is 0 Å². The quantitative estimate of drug-likeness (QED) is 0.874. The third-order valence-corrected chi connectivity index (χ3v) is 4.86. The van der Waals surface area contributed by atoms with Gasteiger partial charge in [0, 0.05) is 29.4 Å². The highest BCUT2D eigenvalue weighted by atomic mass is 32.1. The number of carbonyl (C=O) groups is 1. The minimum absolute atomic E-state index is 0.129. The fourth-order valence-electron chi connectivity index (χ4n) is 2.76. The summed E-state index contributed by atoms with van der Waals surface area (Å²) >= 11 is 1.75. The van der Waals surface area contributed by atoms with Crippen molar-refractivity contribution in [2.24, 2.45) is 0 Å². The molecule has 0 unspecified atom stereocenters. The Kier molecular flexibility index (Phi) is 4.12. The summed E-state index contributed by atoms with van der Waals surface area (Å²) in [5.74, 6) is 0.129. The number of hydrogen-bond donors (Lipinski definition) is 0. The van der Waals surface area contributed by atoms with Crippen molar-refractivity contribution < 1.29 is 9.53 Å². The average molecular weight is 304 g/mol. The lowest BCUT2D eigenvalue weighted by atomic mass is 10.2. The third kappa shape index (κ3) is 2.89. The van der Waals surface area contributed by atoms with Gasteiger partial charge in [0.05, 0.1) is 25.3 Å². The number of nitrogens with zero attached hydrogens (tertiary/aromatic N) is 2. The van der Waals surface area contributed by atoms with E-state index >= 15 is 0 Å². The number of rotatable bonds is 3. The minimum atomic E-state index is 0.129. The first-order valence-electron chi connectivity index (χ1n) is 7.23. The molecule has 0 spiro atoms. The van der Waals surface area contributed by atoms with Gasteiger partial charge in [-0.25, -0.2) is 0 Å². The van der Waals surface area contributed by atoms with Gasteiger partial charge < -0.3 is 14.2 Å². The number of aryl methyl sites for hydroxylation is 1. The molecule has 0 N–H and O–H groups in total. The largest absolute Gasteiger partial charge is 0.378 e. The summed E-state index contributed by atoms with van der Waals surface area (Å²) in [5, 5.41) is 2.09. The SMILES string of the molecule is Cc1cc(C(=O)N2CCOCC2)c(C)n1Cc1cccs1. The molecule has 2 aromatic heterocycles. The summed E-state index contributed by atoms with van der Waals surface area (Å²) in [6.45, 7) is 7.59. The summed E-state index contributed by atoms with van der Waals surface area (Å²) in [6, 6.07) is 6.21. The van der Waals surface area contributed by atoms with Gasteiger partial charge in [0.2, 0.25) is 0 Å². The molecule has 1 aliphatic rings. The van der Waals surface area contributed by atoms with Crippen molar-refractivity contribution >= 4 is 17.2 Å². The number of ether oxygens (including phenoxy) is 1. The summed E-state index contributed by atoms with van der Waals surface area (Å²) in [7, 11) is 0. The van der Waals surface area contributed by atoms with Crippen molar-refractivity contribution in [1.29, 1.82) is 0 Å². The molecule has 1 amide bonds. The van der Waals surface area contributed by atoms with Crippen LogP contribution in [0.5, 0.6) is 0 Å². The third-order valence-electron chi connectivity index (χ3n) is 4.00. The van der Waals surface area contributed by atoms with Crippen molar-refractivity contribution in [2.75, 3.05) is 26.3 Å². The monoisotopic (exact) mass is 304 g/mol. The lowest BCUT2D eigenvalue weighted by Crippen LogP contribution is -2.40. The van der Waals surface area contributed by atoms with Gasteiger partial charge in [0.15, 0.2) is 0 Å². The highest BCUT2D eigenvalue weighted by molar-refractivity contribution is 7.09. The highest BCUT2D eigenvalue weighted by Gasteiger charge is 2.22. The molecule has 1 fully saturated rings. The van der Waals surface area contributed by atoms with Crippen molar-refractivity contribution in [3.05, 3.63) is 45.4 Å². The summed E-state index contributed by atoms with van der Waals surface area (Å²) in [4.78, 5) is 15.8. The molecule has 0 aliphatic carbocycles. The normalized spacial score (nSPS) is 15.4. The van der Waals surface area contributed by atoms with E-state index in [-0.39, 0.29) is 5.91 Å². The van der Waals surface area contributed by atoms with Crippen LogP contribution in [0.15, 0.2) is 23.6 Å². The van der Waals surface area contributed by atoms with E-state index in [0.29, 0.717) is 26.3 Å². The van der Waals surface area contributed by atoms with Crippen LogP contribution in [0.3, 0.4) is 0 Å². The Morgan fingerprint density at radius 2 is 2.10 bits per heavy atom. The molecule has 3 heterocycles. The fourth-order valence-corrected chi connectivity index (χ4v) is 3.45. The topological polar surface area (TPSA) is 34.5 Å². The molecule has 0 aromatic carbocycles. The molecular formula is C16H20N2O2S. The first kappa shape index (κ1) is 14.4. The molecule has 1 aliphatic heterocycles. The predicted molar refractivity (Wildman–Crippen MR) is 84.0 cm³/mol. The number of aromatic nitrogens is 1. The zero-order valence-corrected chi connectivity index (χ0v) is 13.3. The van der Waals surface area contributed by atoms with Crippen LogP contribution in [0, 0.1) is 13.8 Å². The summed E-state index contributed by atoms with van der Waals surface area (Å²) < 4.78 is 7.54. The van der Waals surface area contributed by atoms with Gasteiger partial charge in [-0.05, 0) is 31.4 Å². The van der Waals surface area contributed by atoms with Gasteiger partial charge in [0.25, 0.3) is 5.91 Å². The van der Waals surface area contributed by atoms with E-state index in [2.05, 4.69) is 29.0 Å². The molecule has 2 aromatic rings. The van der Waals surface area contributed by atoms with Gasteiger partial charge in [-0.15, -0.1) is 11.3 Å². The lowest BCUT2D eigenvalue weighted by Gasteiger charge is -2.26. The van der Waals surface area contributed by atoms with Gasteiger partial charge in [-0.2, -0.15) is 0 Å². The Balaban J connectivity index is 1.84. The minimum Gasteiger partial charge on any atom is -0.378 e. The molecule has 5 heteroatoms. The molecule has 0 saturated carbocycles. The second-order valence-corrected chi connectivity index (χ2v) is 6.39. The Labute approximate surface area is 128 Å². The number of carbonyl (C=O) groups excluding carboxylic acids is 1. The van der Waals surface area contributed by atoms with Crippen LogP contribution in [-0.2, 0) is 11.3 Å². The second kappa shape index (κ2) is 6.03. The van der Waals surface area contributed by atoms with E-state index in [9.17, 15) is 4.79 Å². The molecule has 0 radical (unpaired) electrons. The first-order valence-corrected chi connectivity index (χ1v) is 8.11. The van der Waals surface area contributed by atoms with Gasteiger partial charge in [-0.1, -0.05) is 6.07 Å². The maximum Gasteiger partial charge on any atom is 0.255 e. The van der Waals surface area contributed by atoms with E-state index in [1.54, 1.807) is 11.3 Å². The Morgan fingerprint density at radius 3 is 2.76 bits per heavy atom. The first-order chi connectivity index (χ1) is 10.2. The zero-order valence-electron chi connectivity index (χ0n) is 12.5. The fraction of sp³-hybridized carbons (Fsp3) is 0.438. The van der Waals surface area contributed by atoms with E-state index in [4.69, 9.17) is 4.74 Å². The maximum atomic E-state index is 12.6. The van der Waals surface area contributed by atoms with E-state index in [1.807, 2.05) is 17.9 Å². The van der Waals surface area contributed by atoms with Crippen LogP contribution in [-0.4, -0.2) is 41.7 Å². The Hall–Kier alpha value is -1.59. The number of morpholine rings is 1. The lowest BCUT2D eigenvalue weighted by molar-refractivity contribution is 0.0302. The molecule has 3 rings (SSSR count). The van der Waals surface area contributed by atoms with Gasteiger partial charge in [-0.3, -0.25) is 4.79 Å². The molecule has 1 saturated heterocycles. The molecule has 0 bridgehead atoms. The molecule has 21 heavy (non-hydrogen) atoms. The molecule has 4 nitrogen and oxygen atoms in total. The number of thiophene rings is 1. The average Bonchev–Trinajstić information content (AvgIpc) is 3.11. The van der Waals surface area contributed by atoms with Crippen LogP contribution < -0.4 is 0 Å². The van der Waals surface area contributed by atoms with E-state index in [0.717, 1.165) is 23.5 Å². The van der Waals surface area contributed by atoms with Gasteiger partial charge in [0.1, 0.15) is 0 Å².